The van der Waals surface area contributed by atoms with Gasteiger partial charge in [-0.15, -0.1) is 0 Å². The monoisotopic (exact) mass is 299 g/mol. The standard InChI is InChI=1S/C12H14BrNO3/c1-8(12(16)17)14-11(15)6-5-9-3-2-4-10(13)7-9/h2-4,7-8H,5-6H2,1H3,(H,14,15)(H,16,17)/t8-/m1/s1. The first-order chi connectivity index (χ1) is 7.99. The van der Waals surface area contributed by atoms with Gasteiger partial charge in [0.25, 0.3) is 0 Å². The molecule has 1 amide bonds. The molecule has 0 aliphatic carbocycles. The second-order valence-corrected chi connectivity index (χ2v) is 4.67. The number of aliphatic carboxylic acids is 1. The van der Waals surface area contributed by atoms with Crippen LogP contribution in [0.25, 0.3) is 0 Å². The highest BCUT2D eigenvalue weighted by molar-refractivity contribution is 9.10. The van der Waals surface area contributed by atoms with Crippen molar-refractivity contribution in [2.24, 2.45) is 0 Å². The maximum absolute atomic E-state index is 11.4. The van der Waals surface area contributed by atoms with Crippen LogP contribution < -0.4 is 5.32 Å². The summed E-state index contributed by atoms with van der Waals surface area (Å²) in [6.07, 6.45) is 0.881. The zero-order chi connectivity index (χ0) is 12.8. The largest absolute Gasteiger partial charge is 0.480 e. The Morgan fingerprint density at radius 3 is 2.76 bits per heavy atom. The van der Waals surface area contributed by atoms with E-state index in [0.717, 1.165) is 10.0 Å². The van der Waals surface area contributed by atoms with Gasteiger partial charge in [-0.3, -0.25) is 9.59 Å². The van der Waals surface area contributed by atoms with Crippen LogP contribution in [0.5, 0.6) is 0 Å². The molecular weight excluding hydrogens is 286 g/mol. The molecule has 5 heteroatoms. The predicted octanol–water partition coefficient (Wildman–Crippen LogP) is 1.97. The number of carboxylic acid groups (broad SMARTS) is 1. The molecule has 1 rings (SSSR count). The van der Waals surface area contributed by atoms with Crippen molar-refractivity contribution >= 4 is 27.8 Å². The number of aryl methyl sites for hydroxylation is 1. The Morgan fingerprint density at radius 2 is 2.18 bits per heavy atom. The van der Waals surface area contributed by atoms with Crippen molar-refractivity contribution in [3.63, 3.8) is 0 Å². The van der Waals surface area contributed by atoms with E-state index in [1.54, 1.807) is 0 Å². The SMILES string of the molecule is C[C@@H](NC(=O)CCc1cccc(Br)c1)C(=O)O. The molecule has 0 spiro atoms. The molecule has 0 unspecified atom stereocenters. The van der Waals surface area contributed by atoms with Crippen molar-refractivity contribution < 1.29 is 14.7 Å². The van der Waals surface area contributed by atoms with E-state index in [-0.39, 0.29) is 12.3 Å². The van der Waals surface area contributed by atoms with Gasteiger partial charge in [0.15, 0.2) is 0 Å². The summed E-state index contributed by atoms with van der Waals surface area (Å²) in [5.41, 5.74) is 1.04. The van der Waals surface area contributed by atoms with Crippen LogP contribution >= 0.6 is 15.9 Å². The van der Waals surface area contributed by atoms with Crippen molar-refractivity contribution in [3.05, 3.63) is 34.3 Å². The van der Waals surface area contributed by atoms with Crippen molar-refractivity contribution in [3.8, 4) is 0 Å². The first kappa shape index (κ1) is 13.7. The van der Waals surface area contributed by atoms with Gasteiger partial charge in [0.2, 0.25) is 5.91 Å². The van der Waals surface area contributed by atoms with Gasteiger partial charge in [-0.2, -0.15) is 0 Å². The molecule has 1 atom stereocenters. The molecule has 0 saturated heterocycles. The Labute approximate surface area is 108 Å². The number of nitrogens with one attached hydrogen (secondary N) is 1. The fourth-order valence-corrected chi connectivity index (χ4v) is 1.77. The van der Waals surface area contributed by atoms with E-state index in [2.05, 4.69) is 21.2 Å². The summed E-state index contributed by atoms with van der Waals surface area (Å²) in [6.45, 7) is 1.44. The Hall–Kier alpha value is -1.36. The Bertz CT molecular complexity index is 420. The van der Waals surface area contributed by atoms with Gasteiger partial charge in [-0.05, 0) is 31.0 Å². The van der Waals surface area contributed by atoms with Crippen LogP contribution in [0.15, 0.2) is 28.7 Å². The van der Waals surface area contributed by atoms with Gasteiger partial charge < -0.3 is 10.4 Å². The number of carboxylic acids is 1. The molecule has 4 nitrogen and oxygen atoms in total. The highest BCUT2D eigenvalue weighted by Crippen LogP contribution is 2.12. The fraction of sp³-hybridized carbons (Fsp3) is 0.333. The van der Waals surface area contributed by atoms with Crippen LogP contribution in [0.2, 0.25) is 0 Å². The van der Waals surface area contributed by atoms with Crippen molar-refractivity contribution in [2.75, 3.05) is 0 Å². The smallest absolute Gasteiger partial charge is 0.325 e. The molecule has 1 aromatic carbocycles. The second-order valence-electron chi connectivity index (χ2n) is 3.76. The molecule has 1 aromatic rings. The Balaban J connectivity index is 2.41. The lowest BCUT2D eigenvalue weighted by molar-refractivity contribution is -0.141. The van der Waals surface area contributed by atoms with E-state index < -0.39 is 12.0 Å². The highest BCUT2D eigenvalue weighted by atomic mass is 79.9. The number of hydrogen-bond acceptors (Lipinski definition) is 2. The lowest BCUT2D eigenvalue weighted by atomic mass is 10.1. The molecule has 0 aromatic heterocycles. The van der Waals surface area contributed by atoms with Crippen LogP contribution in [0, 0.1) is 0 Å². The fourth-order valence-electron chi connectivity index (χ4n) is 1.33. The summed E-state index contributed by atoms with van der Waals surface area (Å²) < 4.78 is 0.967. The average Bonchev–Trinajstić information content (AvgIpc) is 2.26. The molecule has 0 radical (unpaired) electrons. The average molecular weight is 300 g/mol. The van der Waals surface area contributed by atoms with Gasteiger partial charge in [-0.1, -0.05) is 28.1 Å². The van der Waals surface area contributed by atoms with E-state index in [0.29, 0.717) is 6.42 Å². The van der Waals surface area contributed by atoms with Crippen molar-refractivity contribution in [1.29, 1.82) is 0 Å². The van der Waals surface area contributed by atoms with Crippen LogP contribution in [-0.2, 0) is 16.0 Å². The molecule has 92 valence electrons. The van der Waals surface area contributed by atoms with E-state index in [1.165, 1.54) is 6.92 Å². The van der Waals surface area contributed by atoms with E-state index in [1.807, 2.05) is 24.3 Å². The number of carbonyl (C=O) groups is 2. The van der Waals surface area contributed by atoms with E-state index in [4.69, 9.17) is 5.11 Å². The lowest BCUT2D eigenvalue weighted by Crippen LogP contribution is -2.38. The lowest BCUT2D eigenvalue weighted by Gasteiger charge is -2.09. The number of amides is 1. The third kappa shape index (κ3) is 4.99. The number of halogens is 1. The van der Waals surface area contributed by atoms with Crippen LogP contribution in [0.1, 0.15) is 18.9 Å². The summed E-state index contributed by atoms with van der Waals surface area (Å²) in [7, 11) is 0. The van der Waals surface area contributed by atoms with Crippen molar-refractivity contribution in [1.82, 2.24) is 5.32 Å². The molecule has 0 fully saturated rings. The van der Waals surface area contributed by atoms with E-state index in [9.17, 15) is 9.59 Å². The maximum atomic E-state index is 11.4. The minimum atomic E-state index is -1.03. The summed E-state index contributed by atoms with van der Waals surface area (Å²) in [6, 6.07) is 6.84. The van der Waals surface area contributed by atoms with Gasteiger partial charge in [0, 0.05) is 10.9 Å². The zero-order valence-electron chi connectivity index (χ0n) is 9.44. The van der Waals surface area contributed by atoms with Crippen LogP contribution in [0.4, 0.5) is 0 Å². The normalized spacial score (nSPS) is 11.9. The summed E-state index contributed by atoms with van der Waals surface area (Å²) in [5.74, 6) is -1.28. The van der Waals surface area contributed by atoms with Crippen LogP contribution in [-0.4, -0.2) is 23.0 Å². The third-order valence-corrected chi connectivity index (χ3v) is 2.77. The van der Waals surface area contributed by atoms with E-state index >= 15 is 0 Å². The maximum Gasteiger partial charge on any atom is 0.325 e. The van der Waals surface area contributed by atoms with Crippen molar-refractivity contribution in [2.45, 2.75) is 25.8 Å². The summed E-state index contributed by atoms with van der Waals surface area (Å²) >= 11 is 3.35. The quantitative estimate of drug-likeness (QED) is 0.873. The molecule has 0 aliphatic rings. The topological polar surface area (TPSA) is 66.4 Å². The summed E-state index contributed by atoms with van der Waals surface area (Å²) in [5, 5.41) is 11.0. The Morgan fingerprint density at radius 1 is 1.47 bits per heavy atom. The third-order valence-electron chi connectivity index (χ3n) is 2.28. The predicted molar refractivity (Wildman–Crippen MR) is 67.7 cm³/mol. The molecule has 0 bridgehead atoms. The molecule has 2 N–H and O–H groups in total. The molecule has 0 saturated carbocycles. The highest BCUT2D eigenvalue weighted by Gasteiger charge is 2.13. The first-order valence-electron chi connectivity index (χ1n) is 5.25. The molecule has 0 aliphatic heterocycles. The molecular formula is C12H14BrNO3. The summed E-state index contributed by atoms with van der Waals surface area (Å²) in [4.78, 5) is 22.0. The van der Waals surface area contributed by atoms with Gasteiger partial charge in [-0.25, -0.2) is 0 Å². The second kappa shape index (κ2) is 6.39. The van der Waals surface area contributed by atoms with Gasteiger partial charge >= 0.3 is 5.97 Å². The first-order valence-corrected chi connectivity index (χ1v) is 6.05. The number of benzene rings is 1. The molecule has 0 heterocycles. The Kier molecular flexibility index (Phi) is 5.15. The molecule has 17 heavy (non-hydrogen) atoms. The van der Waals surface area contributed by atoms with Crippen LogP contribution in [0.3, 0.4) is 0 Å². The van der Waals surface area contributed by atoms with Gasteiger partial charge in [0.1, 0.15) is 6.04 Å². The number of carbonyl (C=O) groups excluding carboxylic acids is 1. The minimum absolute atomic E-state index is 0.250. The minimum Gasteiger partial charge on any atom is -0.480 e. The van der Waals surface area contributed by atoms with Gasteiger partial charge in [0.05, 0.1) is 0 Å². The zero-order valence-corrected chi connectivity index (χ0v) is 11.0. The number of rotatable bonds is 5. The number of hydrogen-bond donors (Lipinski definition) is 2.